The smallest absolute Gasteiger partial charge is 0.151 e. The number of nitrogens with one attached hydrogen (secondary N) is 1. The lowest BCUT2D eigenvalue weighted by Crippen LogP contribution is -2.01. The zero-order valence-corrected chi connectivity index (χ0v) is 10.2. The van der Waals surface area contributed by atoms with Crippen LogP contribution < -0.4 is 0 Å². The van der Waals surface area contributed by atoms with Gasteiger partial charge in [0.1, 0.15) is 10.5 Å². The van der Waals surface area contributed by atoms with Gasteiger partial charge in [-0.15, -0.1) is 0 Å². The van der Waals surface area contributed by atoms with Crippen LogP contribution in [0, 0.1) is 16.3 Å². The molecule has 90 valence electrons. The number of aromatic amines is 1. The third kappa shape index (κ3) is 2.44. The van der Waals surface area contributed by atoms with Crippen LogP contribution in [0.15, 0.2) is 24.3 Å². The van der Waals surface area contributed by atoms with E-state index in [1.165, 1.54) is 16.8 Å². The third-order valence-corrected chi connectivity index (χ3v) is 2.74. The molecule has 17 heavy (non-hydrogen) atoms. The zero-order chi connectivity index (χ0) is 12.4. The number of aromatic nitrogens is 2. The van der Waals surface area contributed by atoms with Gasteiger partial charge >= 0.3 is 0 Å². The van der Waals surface area contributed by atoms with Gasteiger partial charge in [-0.1, -0.05) is 25.6 Å². The molecule has 0 bridgehead atoms. The Kier molecular flexibility index (Phi) is 3.38. The minimum absolute atomic E-state index is 0.235. The number of aryl methyl sites for hydroxylation is 1. The molecule has 0 atom stereocenters. The van der Waals surface area contributed by atoms with Crippen molar-refractivity contribution >= 4 is 12.2 Å². The first-order valence-electron chi connectivity index (χ1n) is 5.38. The molecule has 0 radical (unpaired) electrons. The second kappa shape index (κ2) is 4.79. The van der Waals surface area contributed by atoms with Gasteiger partial charge in [-0.3, -0.25) is 5.10 Å². The van der Waals surface area contributed by atoms with Crippen LogP contribution in [0.25, 0.3) is 5.69 Å². The van der Waals surface area contributed by atoms with Gasteiger partial charge in [0.15, 0.2) is 5.82 Å². The number of benzene rings is 1. The van der Waals surface area contributed by atoms with Crippen molar-refractivity contribution in [1.82, 2.24) is 9.78 Å². The number of hydrogen-bond donors (Lipinski definition) is 1. The normalized spacial score (nSPS) is 10.8. The molecule has 0 spiro atoms. The highest BCUT2D eigenvalue weighted by Gasteiger charge is 2.08. The van der Waals surface area contributed by atoms with Gasteiger partial charge in [-0.2, -0.15) is 0 Å². The Morgan fingerprint density at radius 1 is 1.29 bits per heavy atom. The lowest BCUT2D eigenvalue weighted by atomic mass is 10.3. The Hall–Kier alpha value is -1.49. The van der Waals surface area contributed by atoms with E-state index >= 15 is 0 Å². The average Bonchev–Trinajstić information content (AvgIpc) is 2.60. The van der Waals surface area contributed by atoms with Crippen molar-refractivity contribution in [2.75, 3.05) is 0 Å². The quantitative estimate of drug-likeness (QED) is 0.827. The highest BCUT2D eigenvalue weighted by Crippen LogP contribution is 2.15. The molecule has 5 heteroatoms. The van der Waals surface area contributed by atoms with E-state index in [9.17, 15) is 8.78 Å². The molecule has 0 saturated carbocycles. The highest BCUT2D eigenvalue weighted by atomic mass is 32.1. The summed E-state index contributed by atoms with van der Waals surface area (Å²) in [5.41, 5.74) is 1.18. The lowest BCUT2D eigenvalue weighted by molar-refractivity contribution is 0.572. The largest absolute Gasteiger partial charge is 0.297 e. The molecule has 1 heterocycles. The topological polar surface area (TPSA) is 20.7 Å². The fourth-order valence-electron chi connectivity index (χ4n) is 1.68. The van der Waals surface area contributed by atoms with Crippen LogP contribution in [-0.2, 0) is 6.42 Å². The summed E-state index contributed by atoms with van der Waals surface area (Å²) in [6.45, 7) is 2.05. The molecule has 2 rings (SSSR count). The van der Waals surface area contributed by atoms with E-state index in [4.69, 9.17) is 12.2 Å². The summed E-state index contributed by atoms with van der Waals surface area (Å²) in [4.78, 5) is 0. The predicted molar refractivity (Wildman–Crippen MR) is 64.9 cm³/mol. The summed E-state index contributed by atoms with van der Waals surface area (Å²) in [6.07, 6.45) is 1.82. The Morgan fingerprint density at radius 2 is 2.06 bits per heavy atom. The highest BCUT2D eigenvalue weighted by molar-refractivity contribution is 7.71. The number of H-pyrrole nitrogens is 1. The molecule has 2 aromatic rings. The van der Waals surface area contributed by atoms with Crippen LogP contribution in [0.1, 0.15) is 19.0 Å². The summed E-state index contributed by atoms with van der Waals surface area (Å²) in [5, 5.41) is 3.01. The van der Waals surface area contributed by atoms with E-state index in [1.807, 2.05) is 6.92 Å². The van der Waals surface area contributed by atoms with E-state index < -0.39 is 11.6 Å². The first-order valence-corrected chi connectivity index (χ1v) is 5.79. The molecule has 1 N–H and O–H groups in total. The summed E-state index contributed by atoms with van der Waals surface area (Å²) < 4.78 is 28.3. The summed E-state index contributed by atoms with van der Waals surface area (Å²) >= 11 is 5.13. The summed E-state index contributed by atoms with van der Waals surface area (Å²) in [6, 6.07) is 5.21. The second-order valence-electron chi connectivity index (χ2n) is 3.80. The Labute approximate surface area is 103 Å². The van der Waals surface area contributed by atoms with E-state index in [0.717, 1.165) is 24.6 Å². The van der Waals surface area contributed by atoms with Crippen molar-refractivity contribution in [3.63, 3.8) is 0 Å². The maximum Gasteiger partial charge on any atom is 0.151 e. The standard InChI is InChI=1S/C12H12F2N2S/c1-2-3-9-7-12(17)16(15-9)11-5-4-8(13)6-10(11)14/h4-7,15H,2-3H2,1H3. The van der Waals surface area contributed by atoms with Crippen molar-refractivity contribution in [3.05, 3.63) is 46.2 Å². The van der Waals surface area contributed by atoms with E-state index in [-0.39, 0.29) is 5.69 Å². The molecular weight excluding hydrogens is 242 g/mol. The average molecular weight is 254 g/mol. The minimum atomic E-state index is -0.633. The maximum atomic E-state index is 13.6. The van der Waals surface area contributed by atoms with Crippen molar-refractivity contribution in [1.29, 1.82) is 0 Å². The van der Waals surface area contributed by atoms with Crippen molar-refractivity contribution in [2.45, 2.75) is 19.8 Å². The molecule has 1 aromatic carbocycles. The predicted octanol–water partition coefficient (Wildman–Crippen LogP) is 3.77. The minimum Gasteiger partial charge on any atom is -0.297 e. The van der Waals surface area contributed by atoms with Gasteiger partial charge in [0.2, 0.25) is 0 Å². The number of hydrogen-bond acceptors (Lipinski definition) is 1. The van der Waals surface area contributed by atoms with Gasteiger partial charge < -0.3 is 0 Å². The Bertz CT molecular complexity index is 586. The fourth-order valence-corrected chi connectivity index (χ4v) is 1.97. The van der Waals surface area contributed by atoms with Crippen molar-refractivity contribution < 1.29 is 8.78 Å². The van der Waals surface area contributed by atoms with Gasteiger partial charge in [-0.25, -0.2) is 13.5 Å². The van der Waals surface area contributed by atoms with E-state index in [2.05, 4.69) is 5.10 Å². The van der Waals surface area contributed by atoms with Crippen molar-refractivity contribution in [3.8, 4) is 5.69 Å². The monoisotopic (exact) mass is 254 g/mol. The van der Waals surface area contributed by atoms with E-state index in [1.54, 1.807) is 6.07 Å². The zero-order valence-electron chi connectivity index (χ0n) is 9.34. The van der Waals surface area contributed by atoms with Crippen LogP contribution in [0.3, 0.4) is 0 Å². The second-order valence-corrected chi connectivity index (χ2v) is 4.22. The van der Waals surface area contributed by atoms with Gasteiger partial charge in [0.05, 0.1) is 5.69 Å². The molecule has 0 aliphatic heterocycles. The summed E-state index contributed by atoms with van der Waals surface area (Å²) in [7, 11) is 0. The molecule has 0 aliphatic carbocycles. The first-order chi connectivity index (χ1) is 8.11. The molecule has 0 saturated heterocycles. The van der Waals surface area contributed by atoms with Crippen LogP contribution in [-0.4, -0.2) is 9.78 Å². The Morgan fingerprint density at radius 3 is 2.71 bits per heavy atom. The number of halogens is 2. The Balaban J connectivity index is 2.49. The fraction of sp³-hybridized carbons (Fsp3) is 0.250. The molecule has 2 nitrogen and oxygen atoms in total. The van der Waals surface area contributed by atoms with Crippen LogP contribution >= 0.6 is 12.2 Å². The van der Waals surface area contributed by atoms with Crippen LogP contribution in [0.5, 0.6) is 0 Å². The number of rotatable bonds is 3. The molecule has 0 fully saturated rings. The molecule has 0 amide bonds. The summed E-state index contributed by atoms with van der Waals surface area (Å²) in [5.74, 6) is -1.23. The molecule has 1 aromatic heterocycles. The molecule has 0 aliphatic rings. The van der Waals surface area contributed by atoms with Crippen LogP contribution in [0.4, 0.5) is 8.78 Å². The number of nitrogens with zero attached hydrogens (tertiary/aromatic N) is 1. The van der Waals surface area contributed by atoms with E-state index in [0.29, 0.717) is 4.64 Å². The van der Waals surface area contributed by atoms with Gasteiger partial charge in [-0.05, 0) is 24.6 Å². The molecular formula is C12H12F2N2S. The lowest BCUT2D eigenvalue weighted by Gasteiger charge is -2.04. The van der Waals surface area contributed by atoms with Gasteiger partial charge in [0.25, 0.3) is 0 Å². The van der Waals surface area contributed by atoms with Gasteiger partial charge in [0, 0.05) is 11.8 Å². The van der Waals surface area contributed by atoms with Crippen LogP contribution in [0.2, 0.25) is 0 Å². The SMILES string of the molecule is CCCc1cc(=S)n(-c2ccc(F)cc2F)[nH]1. The van der Waals surface area contributed by atoms with Crippen molar-refractivity contribution in [2.24, 2.45) is 0 Å². The maximum absolute atomic E-state index is 13.6. The molecule has 0 unspecified atom stereocenters. The first kappa shape index (κ1) is 12.0. The third-order valence-electron chi connectivity index (χ3n) is 2.44.